The molecule has 0 radical (unpaired) electrons. The van der Waals surface area contributed by atoms with Crippen molar-refractivity contribution in [2.75, 3.05) is 19.5 Å². The summed E-state index contributed by atoms with van der Waals surface area (Å²) >= 11 is 1.46. The third kappa shape index (κ3) is 5.94. The number of imide groups is 1. The first-order chi connectivity index (χ1) is 19.5. The van der Waals surface area contributed by atoms with Crippen molar-refractivity contribution in [3.05, 3.63) is 101 Å². The van der Waals surface area contributed by atoms with E-state index in [4.69, 9.17) is 18.9 Å². The Morgan fingerprint density at radius 2 is 1.50 bits per heavy atom. The van der Waals surface area contributed by atoms with Crippen LogP contribution in [0.5, 0.6) is 5.75 Å². The summed E-state index contributed by atoms with van der Waals surface area (Å²) < 4.78 is 23.9. The van der Waals surface area contributed by atoms with E-state index in [1.54, 1.807) is 31.4 Å². The summed E-state index contributed by atoms with van der Waals surface area (Å²) in [5.74, 6) is 0.553. The number of carbonyl (C=O) groups is 2. The van der Waals surface area contributed by atoms with Crippen molar-refractivity contribution < 1.29 is 33.6 Å². The van der Waals surface area contributed by atoms with Crippen LogP contribution in [-0.4, -0.2) is 71.1 Å². The van der Waals surface area contributed by atoms with Gasteiger partial charge in [0.25, 0.3) is 11.8 Å². The Kier molecular flexibility index (Phi) is 9.18. The lowest BCUT2D eigenvalue weighted by Gasteiger charge is -2.47. The van der Waals surface area contributed by atoms with E-state index in [9.17, 15) is 14.7 Å². The summed E-state index contributed by atoms with van der Waals surface area (Å²) in [6.07, 6.45) is -2.79. The van der Waals surface area contributed by atoms with Crippen LogP contribution in [0.4, 0.5) is 0 Å². The number of carbonyl (C=O) groups excluding carboxylic acids is 2. The summed E-state index contributed by atoms with van der Waals surface area (Å²) in [6, 6.07) is 23.1. The Balaban J connectivity index is 1.41. The molecule has 0 bridgehead atoms. The molecule has 0 aliphatic carbocycles. The summed E-state index contributed by atoms with van der Waals surface area (Å²) in [5, 5.41) is 11.6. The number of amides is 2. The lowest BCUT2D eigenvalue weighted by Crippen LogP contribution is -2.65. The molecular weight excluding hydrogens is 530 g/mol. The molecule has 40 heavy (non-hydrogen) atoms. The van der Waals surface area contributed by atoms with Crippen molar-refractivity contribution in [3.63, 3.8) is 0 Å². The molecule has 0 aromatic heterocycles. The number of nitrogens with zero attached hydrogens (tertiary/aromatic N) is 1. The summed E-state index contributed by atoms with van der Waals surface area (Å²) in [7, 11) is 1.60. The first-order valence-corrected chi connectivity index (χ1v) is 14.3. The Morgan fingerprint density at radius 3 is 2.12 bits per heavy atom. The molecule has 2 aliphatic rings. The predicted molar refractivity (Wildman–Crippen MR) is 151 cm³/mol. The topological polar surface area (TPSA) is 94.5 Å². The number of methoxy groups -OCH3 is 1. The van der Waals surface area contributed by atoms with Gasteiger partial charge in [-0.2, -0.15) is 0 Å². The Bertz CT molecular complexity index is 1270. The lowest BCUT2D eigenvalue weighted by molar-refractivity contribution is -0.205. The van der Waals surface area contributed by atoms with Crippen LogP contribution in [0.3, 0.4) is 0 Å². The third-order valence-corrected chi connectivity index (χ3v) is 8.14. The van der Waals surface area contributed by atoms with Gasteiger partial charge in [-0.05, 0) is 41.1 Å². The van der Waals surface area contributed by atoms with Gasteiger partial charge >= 0.3 is 0 Å². The Hall–Kier alpha value is -3.21. The zero-order valence-corrected chi connectivity index (χ0v) is 23.3. The van der Waals surface area contributed by atoms with Crippen LogP contribution < -0.4 is 4.74 Å². The number of ether oxygens (including phenoxy) is 4. The van der Waals surface area contributed by atoms with Gasteiger partial charge in [0.1, 0.15) is 35.5 Å². The zero-order chi connectivity index (χ0) is 28.1. The van der Waals surface area contributed by atoms with Gasteiger partial charge in [-0.25, -0.2) is 0 Å². The third-order valence-electron chi connectivity index (χ3n) is 7.09. The van der Waals surface area contributed by atoms with Gasteiger partial charge in [-0.3, -0.25) is 14.5 Å². The standard InChI is InChI=1S/C31H33NO7S/c1-3-40-31-26(32-29(34)23-11-7-8-12-24(23)30(32)35)28(38-18-21-13-15-22(36-2)16-14-21)27(33)25(39-31)19-37-17-20-9-5-4-6-10-20/h4-16,25-28,31,33H,3,17-19H2,1-2H3/t25-,26-,27-,28-,31+/m1/s1. The van der Waals surface area contributed by atoms with Crippen LogP contribution in [0, 0.1) is 0 Å². The minimum Gasteiger partial charge on any atom is -0.497 e. The second-order valence-corrected chi connectivity index (χ2v) is 11.0. The fraction of sp³-hybridized carbons (Fsp3) is 0.355. The van der Waals surface area contributed by atoms with Crippen molar-refractivity contribution in [3.8, 4) is 5.75 Å². The van der Waals surface area contributed by atoms with Gasteiger partial charge in [-0.1, -0.05) is 61.5 Å². The van der Waals surface area contributed by atoms with Gasteiger partial charge in [0, 0.05) is 0 Å². The highest BCUT2D eigenvalue weighted by atomic mass is 32.2. The van der Waals surface area contributed by atoms with Crippen LogP contribution in [0.25, 0.3) is 0 Å². The molecular formula is C31H33NO7S. The molecule has 3 aromatic rings. The fourth-order valence-electron chi connectivity index (χ4n) is 5.07. The van der Waals surface area contributed by atoms with Gasteiger partial charge in [-0.15, -0.1) is 11.8 Å². The fourth-order valence-corrected chi connectivity index (χ4v) is 6.09. The summed E-state index contributed by atoms with van der Waals surface area (Å²) in [4.78, 5) is 28.3. The van der Waals surface area contributed by atoms with Crippen molar-refractivity contribution in [1.82, 2.24) is 4.90 Å². The second-order valence-electron chi connectivity index (χ2n) is 9.63. The Labute approximate surface area is 238 Å². The first kappa shape index (κ1) is 28.3. The largest absolute Gasteiger partial charge is 0.497 e. The average molecular weight is 564 g/mol. The molecule has 0 spiro atoms. The number of thioether (sulfide) groups is 1. The molecule has 5 rings (SSSR count). The molecule has 5 atom stereocenters. The number of hydrogen-bond acceptors (Lipinski definition) is 8. The van der Waals surface area contributed by atoms with Crippen LogP contribution >= 0.6 is 11.8 Å². The highest BCUT2D eigenvalue weighted by molar-refractivity contribution is 7.99. The smallest absolute Gasteiger partial charge is 0.262 e. The molecule has 2 amide bonds. The van der Waals surface area contributed by atoms with E-state index in [0.29, 0.717) is 29.2 Å². The number of aliphatic hydroxyl groups is 1. The molecule has 2 heterocycles. The molecule has 1 fully saturated rings. The quantitative estimate of drug-likeness (QED) is 0.345. The van der Waals surface area contributed by atoms with Crippen LogP contribution in [0.2, 0.25) is 0 Å². The van der Waals surface area contributed by atoms with Crippen LogP contribution in [0.1, 0.15) is 38.8 Å². The monoisotopic (exact) mass is 563 g/mol. The van der Waals surface area contributed by atoms with Crippen molar-refractivity contribution in [2.45, 2.75) is 49.9 Å². The number of fused-ring (bicyclic) bond motifs is 1. The second kappa shape index (κ2) is 13.0. The maximum absolute atomic E-state index is 13.5. The molecule has 3 aromatic carbocycles. The van der Waals surface area contributed by atoms with Crippen molar-refractivity contribution in [2.24, 2.45) is 0 Å². The van der Waals surface area contributed by atoms with E-state index in [1.807, 2.05) is 61.5 Å². The maximum atomic E-state index is 13.5. The van der Waals surface area contributed by atoms with E-state index in [2.05, 4.69) is 0 Å². The minimum atomic E-state index is -1.16. The zero-order valence-electron chi connectivity index (χ0n) is 22.5. The predicted octanol–water partition coefficient (Wildman–Crippen LogP) is 4.30. The molecule has 2 aliphatic heterocycles. The number of rotatable bonds is 11. The van der Waals surface area contributed by atoms with Crippen molar-refractivity contribution in [1.29, 1.82) is 0 Å². The molecule has 1 N–H and O–H groups in total. The number of benzene rings is 3. The highest BCUT2D eigenvalue weighted by Gasteiger charge is 2.54. The van der Waals surface area contributed by atoms with Gasteiger partial charge < -0.3 is 24.1 Å². The number of hydrogen-bond donors (Lipinski definition) is 1. The van der Waals surface area contributed by atoms with Gasteiger partial charge in [0.2, 0.25) is 0 Å². The number of aliphatic hydroxyl groups excluding tert-OH is 1. The summed E-state index contributed by atoms with van der Waals surface area (Å²) in [5.41, 5.74) is 1.91. The first-order valence-electron chi connectivity index (χ1n) is 13.3. The lowest BCUT2D eigenvalue weighted by atomic mass is 9.96. The minimum absolute atomic E-state index is 0.119. The molecule has 9 heteroatoms. The van der Waals surface area contributed by atoms with Gasteiger partial charge in [0.15, 0.2) is 0 Å². The van der Waals surface area contributed by atoms with E-state index in [-0.39, 0.29) is 13.2 Å². The van der Waals surface area contributed by atoms with Crippen LogP contribution in [-0.2, 0) is 27.4 Å². The molecule has 0 unspecified atom stereocenters. The van der Waals surface area contributed by atoms with Gasteiger partial charge in [0.05, 0.1) is 38.1 Å². The van der Waals surface area contributed by atoms with E-state index in [1.165, 1.54) is 16.7 Å². The molecule has 8 nitrogen and oxygen atoms in total. The SMILES string of the molecule is CCS[C@@H]1O[C@H](COCc2ccccc2)[C@@H](O)[C@H](OCc2ccc(OC)cc2)[C@H]1N1C(=O)c2ccccc2C1=O. The molecule has 1 saturated heterocycles. The van der Waals surface area contributed by atoms with Crippen LogP contribution in [0.15, 0.2) is 78.9 Å². The Morgan fingerprint density at radius 1 is 0.875 bits per heavy atom. The van der Waals surface area contributed by atoms with E-state index >= 15 is 0 Å². The molecule has 0 saturated carbocycles. The van der Waals surface area contributed by atoms with E-state index in [0.717, 1.165) is 11.1 Å². The average Bonchev–Trinajstić information content (AvgIpc) is 3.24. The van der Waals surface area contributed by atoms with Crippen molar-refractivity contribution >= 4 is 23.6 Å². The highest BCUT2D eigenvalue weighted by Crippen LogP contribution is 2.38. The normalized spacial score (nSPS) is 24.3. The summed E-state index contributed by atoms with van der Waals surface area (Å²) in [6.45, 7) is 2.62. The maximum Gasteiger partial charge on any atom is 0.262 e. The van der Waals surface area contributed by atoms with E-state index < -0.39 is 41.6 Å². The molecule has 210 valence electrons.